The van der Waals surface area contributed by atoms with Crippen LogP contribution in [0.15, 0.2) is 36.5 Å². The molecule has 0 saturated carbocycles. The Morgan fingerprint density at radius 1 is 1.14 bits per heavy atom. The van der Waals surface area contributed by atoms with Crippen LogP contribution in [-0.2, 0) is 0 Å². The molecule has 1 aromatic heterocycles. The van der Waals surface area contributed by atoms with Gasteiger partial charge in [0.05, 0.1) is 24.2 Å². The fourth-order valence-corrected chi connectivity index (χ4v) is 2.28. The highest BCUT2D eigenvalue weighted by Crippen LogP contribution is 2.36. The van der Waals surface area contributed by atoms with Crippen molar-refractivity contribution in [3.05, 3.63) is 42.2 Å². The van der Waals surface area contributed by atoms with Gasteiger partial charge in [-0.2, -0.15) is 0 Å². The maximum atomic E-state index is 6.24. The standard InChI is InChI=1S/C17H26N6O.C4H8/c1-12-6-7-19-17(20-12)21-14-10-13(18)15(11-16(14)24-5)23(4)9-8-22(2)3;1-3-4-2/h6-7,10-11H,8-9,18H2,1-5H3,(H,19,20,21);3-4H,1-2H3/b;4-3-. The number of anilines is 4. The Morgan fingerprint density at radius 3 is 2.36 bits per heavy atom. The number of methoxy groups -OCH3 is 1. The van der Waals surface area contributed by atoms with Crippen molar-refractivity contribution >= 4 is 23.0 Å². The van der Waals surface area contributed by atoms with Crippen LogP contribution in [0.3, 0.4) is 0 Å². The van der Waals surface area contributed by atoms with Gasteiger partial charge in [0, 0.05) is 38.1 Å². The number of ether oxygens (including phenoxy) is 1. The van der Waals surface area contributed by atoms with E-state index in [2.05, 4.69) is 25.1 Å². The number of allylic oxidation sites excluding steroid dienone is 2. The summed E-state index contributed by atoms with van der Waals surface area (Å²) in [5, 5.41) is 3.17. The number of benzene rings is 1. The molecule has 0 spiro atoms. The summed E-state index contributed by atoms with van der Waals surface area (Å²) in [6.45, 7) is 7.73. The lowest BCUT2D eigenvalue weighted by molar-refractivity contribution is 0.413. The lowest BCUT2D eigenvalue weighted by Crippen LogP contribution is -2.29. The minimum absolute atomic E-state index is 0.515. The van der Waals surface area contributed by atoms with Crippen molar-refractivity contribution in [2.75, 3.05) is 57.3 Å². The Balaban J connectivity index is 0.000000892. The third kappa shape index (κ3) is 7.44. The van der Waals surface area contributed by atoms with Crippen LogP contribution >= 0.6 is 0 Å². The van der Waals surface area contributed by atoms with E-state index in [1.54, 1.807) is 13.3 Å². The van der Waals surface area contributed by atoms with Crippen LogP contribution < -0.4 is 20.7 Å². The number of nitrogen functional groups attached to an aromatic ring is 1. The van der Waals surface area contributed by atoms with Crippen LogP contribution in [0.25, 0.3) is 0 Å². The zero-order valence-electron chi connectivity index (χ0n) is 18.2. The molecule has 0 aliphatic heterocycles. The first-order valence-electron chi connectivity index (χ1n) is 9.29. The lowest BCUT2D eigenvalue weighted by atomic mass is 10.2. The summed E-state index contributed by atoms with van der Waals surface area (Å²) in [6.07, 6.45) is 5.71. The molecule has 7 nitrogen and oxygen atoms in total. The molecule has 0 atom stereocenters. The molecular weight excluding hydrogens is 352 g/mol. The van der Waals surface area contributed by atoms with E-state index in [1.807, 2.05) is 72.3 Å². The number of nitrogens with zero attached hydrogens (tertiary/aromatic N) is 4. The molecule has 0 unspecified atom stereocenters. The number of nitrogens with two attached hydrogens (primary N) is 1. The molecule has 0 bridgehead atoms. The second kappa shape index (κ2) is 11.8. The largest absolute Gasteiger partial charge is 0.494 e. The summed E-state index contributed by atoms with van der Waals surface area (Å²) in [5.74, 6) is 1.21. The SMILES string of the molecule is C/C=C\C.COc1cc(N(C)CCN(C)C)c(N)cc1Nc1nccc(C)n1. The Hall–Kier alpha value is -2.80. The van der Waals surface area contributed by atoms with Gasteiger partial charge >= 0.3 is 0 Å². The molecule has 154 valence electrons. The van der Waals surface area contributed by atoms with Crippen LogP contribution in [0.2, 0.25) is 0 Å². The van der Waals surface area contributed by atoms with Gasteiger partial charge in [0.2, 0.25) is 5.95 Å². The summed E-state index contributed by atoms with van der Waals surface area (Å²) in [6, 6.07) is 5.63. The number of aryl methyl sites for hydroxylation is 1. The number of hydrogen-bond donors (Lipinski definition) is 2. The second-order valence-corrected chi connectivity index (χ2v) is 6.65. The number of hydrogen-bond acceptors (Lipinski definition) is 7. The molecule has 1 heterocycles. The molecular formula is C21H34N6O. The first-order valence-corrected chi connectivity index (χ1v) is 9.29. The van der Waals surface area contributed by atoms with Gasteiger partial charge in [-0.25, -0.2) is 9.97 Å². The average Bonchev–Trinajstić information content (AvgIpc) is 2.66. The van der Waals surface area contributed by atoms with Crippen molar-refractivity contribution in [3.8, 4) is 5.75 Å². The Bertz CT molecular complexity index is 757. The summed E-state index contributed by atoms with van der Waals surface area (Å²) < 4.78 is 5.51. The van der Waals surface area contributed by atoms with Gasteiger partial charge in [-0.05, 0) is 47.0 Å². The highest BCUT2D eigenvalue weighted by Gasteiger charge is 2.13. The first-order chi connectivity index (χ1) is 13.3. The summed E-state index contributed by atoms with van der Waals surface area (Å²) >= 11 is 0. The molecule has 2 rings (SSSR count). The van der Waals surface area contributed by atoms with E-state index in [9.17, 15) is 0 Å². The van der Waals surface area contributed by atoms with E-state index in [0.717, 1.165) is 30.2 Å². The average molecular weight is 387 g/mol. The molecule has 0 radical (unpaired) electrons. The van der Waals surface area contributed by atoms with Crippen molar-refractivity contribution in [2.24, 2.45) is 0 Å². The maximum Gasteiger partial charge on any atom is 0.227 e. The number of aromatic nitrogens is 2. The third-order valence-corrected chi connectivity index (χ3v) is 4.02. The predicted molar refractivity (Wildman–Crippen MR) is 120 cm³/mol. The molecule has 0 amide bonds. The molecule has 0 aliphatic carbocycles. The van der Waals surface area contributed by atoms with Gasteiger partial charge in [-0.3, -0.25) is 0 Å². The second-order valence-electron chi connectivity index (χ2n) is 6.65. The van der Waals surface area contributed by atoms with Crippen LogP contribution in [0, 0.1) is 6.92 Å². The van der Waals surface area contributed by atoms with Crippen LogP contribution in [0.1, 0.15) is 19.5 Å². The molecule has 2 aromatic rings. The van der Waals surface area contributed by atoms with Gasteiger partial charge in [0.25, 0.3) is 0 Å². The van der Waals surface area contributed by atoms with E-state index >= 15 is 0 Å². The predicted octanol–water partition coefficient (Wildman–Crippen LogP) is 3.70. The number of nitrogens with one attached hydrogen (secondary N) is 1. The van der Waals surface area contributed by atoms with Crippen LogP contribution in [0.5, 0.6) is 5.75 Å². The molecule has 0 aliphatic rings. The fourth-order valence-electron chi connectivity index (χ4n) is 2.28. The highest BCUT2D eigenvalue weighted by molar-refractivity contribution is 5.79. The Labute approximate surface area is 169 Å². The van der Waals surface area contributed by atoms with Crippen molar-refractivity contribution in [2.45, 2.75) is 20.8 Å². The van der Waals surface area contributed by atoms with Crippen molar-refractivity contribution < 1.29 is 4.74 Å². The first kappa shape index (κ1) is 23.2. The molecule has 3 N–H and O–H groups in total. The van der Waals surface area contributed by atoms with Crippen molar-refractivity contribution in [1.29, 1.82) is 0 Å². The van der Waals surface area contributed by atoms with E-state index < -0.39 is 0 Å². The summed E-state index contributed by atoms with van der Waals surface area (Å²) in [7, 11) is 7.75. The van der Waals surface area contributed by atoms with Crippen LogP contribution in [-0.4, -0.2) is 56.2 Å². The van der Waals surface area contributed by atoms with Gasteiger partial charge in [0.1, 0.15) is 5.75 Å². The summed E-state index contributed by atoms with van der Waals surface area (Å²) in [4.78, 5) is 12.8. The molecule has 0 fully saturated rings. The van der Waals surface area contributed by atoms with Crippen molar-refractivity contribution in [3.63, 3.8) is 0 Å². The molecule has 1 aromatic carbocycles. The van der Waals surface area contributed by atoms with E-state index in [1.165, 1.54) is 0 Å². The molecule has 7 heteroatoms. The van der Waals surface area contributed by atoms with Gasteiger partial charge in [0.15, 0.2) is 0 Å². The lowest BCUT2D eigenvalue weighted by Gasteiger charge is -2.24. The van der Waals surface area contributed by atoms with Gasteiger partial charge < -0.3 is 25.6 Å². The third-order valence-electron chi connectivity index (χ3n) is 4.02. The van der Waals surface area contributed by atoms with E-state index in [0.29, 0.717) is 17.4 Å². The summed E-state index contributed by atoms with van der Waals surface area (Å²) in [5.41, 5.74) is 9.48. The van der Waals surface area contributed by atoms with Crippen molar-refractivity contribution in [1.82, 2.24) is 14.9 Å². The topological polar surface area (TPSA) is 79.5 Å². The number of rotatable bonds is 7. The minimum atomic E-state index is 0.515. The fraction of sp³-hybridized carbons (Fsp3) is 0.429. The minimum Gasteiger partial charge on any atom is -0.494 e. The Kier molecular flexibility index (Phi) is 9.81. The smallest absolute Gasteiger partial charge is 0.227 e. The van der Waals surface area contributed by atoms with Gasteiger partial charge in [-0.15, -0.1) is 0 Å². The van der Waals surface area contributed by atoms with E-state index in [4.69, 9.17) is 10.5 Å². The number of likely N-dealkylation sites (N-methyl/N-ethyl adjacent to an activating group) is 2. The molecule has 28 heavy (non-hydrogen) atoms. The quantitative estimate of drug-likeness (QED) is 0.555. The Morgan fingerprint density at radius 2 is 1.82 bits per heavy atom. The maximum absolute atomic E-state index is 6.24. The molecule has 0 saturated heterocycles. The van der Waals surface area contributed by atoms with Gasteiger partial charge in [-0.1, -0.05) is 12.2 Å². The normalized spacial score (nSPS) is 10.6. The monoisotopic (exact) mass is 386 g/mol. The zero-order chi connectivity index (χ0) is 21.1. The van der Waals surface area contributed by atoms with Crippen LogP contribution in [0.4, 0.5) is 23.0 Å². The zero-order valence-corrected chi connectivity index (χ0v) is 18.2. The highest BCUT2D eigenvalue weighted by atomic mass is 16.5. The van der Waals surface area contributed by atoms with E-state index in [-0.39, 0.29) is 0 Å².